The molecule has 0 radical (unpaired) electrons. The zero-order valence-electron chi connectivity index (χ0n) is 21.0. The van der Waals surface area contributed by atoms with Crippen molar-refractivity contribution in [3.8, 4) is 16.9 Å². The molecule has 0 bridgehead atoms. The summed E-state index contributed by atoms with van der Waals surface area (Å²) < 4.78 is 20.4. The van der Waals surface area contributed by atoms with Crippen molar-refractivity contribution in [2.75, 3.05) is 0 Å². The molecule has 2 aromatic carbocycles. The van der Waals surface area contributed by atoms with Gasteiger partial charge in [-0.15, -0.1) is 11.3 Å². The van der Waals surface area contributed by atoms with E-state index in [2.05, 4.69) is 25.3 Å². The van der Waals surface area contributed by atoms with Crippen LogP contribution in [0.5, 0.6) is 0 Å². The first kappa shape index (κ1) is 24.9. The maximum absolute atomic E-state index is 14.8. The highest BCUT2D eigenvalue weighted by Crippen LogP contribution is 2.28. The van der Waals surface area contributed by atoms with E-state index in [9.17, 15) is 9.18 Å². The highest BCUT2D eigenvalue weighted by Gasteiger charge is 2.19. The number of halogens is 1. The third kappa shape index (κ3) is 5.10. The second-order valence-electron chi connectivity index (χ2n) is 9.45. The van der Waals surface area contributed by atoms with Crippen LogP contribution in [0.1, 0.15) is 51.8 Å². The molecule has 0 fully saturated rings. The second-order valence-corrected chi connectivity index (χ2v) is 10.3. The summed E-state index contributed by atoms with van der Waals surface area (Å²) in [6, 6.07) is 16.5. The maximum atomic E-state index is 14.8. The number of benzene rings is 2. The molecule has 2 heterocycles. The Bertz CT molecular complexity index is 1430. The Hall–Kier alpha value is -3.19. The zero-order valence-corrected chi connectivity index (χ0v) is 21.8. The molecule has 2 aromatic heterocycles. The number of rotatable bonds is 8. The van der Waals surface area contributed by atoms with Crippen LogP contribution in [0, 0.1) is 18.7 Å². The summed E-state index contributed by atoms with van der Waals surface area (Å²) in [4.78, 5) is 19.1. The Morgan fingerprint density at radius 1 is 1.00 bits per heavy atom. The molecule has 0 N–H and O–H groups in total. The number of thiazole rings is 1. The van der Waals surface area contributed by atoms with Crippen LogP contribution in [0.2, 0.25) is 0 Å². The number of para-hydroxylation sites is 1. The summed E-state index contributed by atoms with van der Waals surface area (Å²) in [5.41, 5.74) is 3.14. The Kier molecular flexibility index (Phi) is 7.55. The predicted molar refractivity (Wildman–Crippen MR) is 142 cm³/mol. The van der Waals surface area contributed by atoms with E-state index in [0.717, 1.165) is 36.3 Å². The first-order valence-corrected chi connectivity index (χ1v) is 13.0. The van der Waals surface area contributed by atoms with E-state index in [1.54, 1.807) is 16.8 Å². The summed E-state index contributed by atoms with van der Waals surface area (Å²) in [5, 5.41) is 1.95. The minimum Gasteiger partial charge on any atom is -0.314 e. The van der Waals surface area contributed by atoms with Gasteiger partial charge in [0.1, 0.15) is 5.82 Å². The predicted octanol–water partition coefficient (Wildman–Crippen LogP) is 6.77. The van der Waals surface area contributed by atoms with E-state index in [4.69, 9.17) is 4.99 Å². The molecule has 7 heteroatoms. The first-order chi connectivity index (χ1) is 16.8. The summed E-state index contributed by atoms with van der Waals surface area (Å²) in [6.07, 6.45) is 3.16. The van der Waals surface area contributed by atoms with Crippen molar-refractivity contribution >= 4 is 17.0 Å². The third-order valence-corrected chi connectivity index (χ3v) is 7.31. The monoisotopic (exact) mass is 492 g/mol. The van der Waals surface area contributed by atoms with Gasteiger partial charge in [-0.3, -0.25) is 9.48 Å². The Morgan fingerprint density at radius 3 is 2.37 bits per heavy atom. The minimum atomic E-state index is -0.262. The quantitative estimate of drug-likeness (QED) is 0.268. The van der Waals surface area contributed by atoms with Gasteiger partial charge in [-0.2, -0.15) is 0 Å². The number of hydrogen-bond acceptors (Lipinski definition) is 3. The highest BCUT2D eigenvalue weighted by molar-refractivity contribution is 7.07. The lowest BCUT2D eigenvalue weighted by atomic mass is 10.0. The Balaban J connectivity index is 1.87. The van der Waals surface area contributed by atoms with Gasteiger partial charge in [0.05, 0.1) is 17.1 Å². The van der Waals surface area contributed by atoms with Crippen molar-refractivity contribution in [2.45, 2.75) is 53.0 Å². The Labute approximate surface area is 209 Å². The van der Waals surface area contributed by atoms with E-state index < -0.39 is 0 Å². The van der Waals surface area contributed by atoms with Crippen LogP contribution in [0.4, 0.5) is 10.1 Å². The second kappa shape index (κ2) is 10.6. The van der Waals surface area contributed by atoms with Gasteiger partial charge in [0, 0.05) is 24.0 Å². The lowest BCUT2D eigenvalue weighted by Crippen LogP contribution is -2.22. The van der Waals surface area contributed by atoms with Gasteiger partial charge in [0.2, 0.25) is 0 Å². The smallest absolute Gasteiger partial charge is 0.297 e. The summed E-state index contributed by atoms with van der Waals surface area (Å²) in [6.45, 7) is 8.51. The molecule has 5 nitrogen and oxygen atoms in total. The molecule has 1 unspecified atom stereocenters. The lowest BCUT2D eigenvalue weighted by Gasteiger charge is -2.18. The lowest BCUT2D eigenvalue weighted by molar-refractivity contribution is 0.443. The summed E-state index contributed by atoms with van der Waals surface area (Å²) >= 11 is 1.44. The van der Waals surface area contributed by atoms with Crippen LogP contribution in [0.15, 0.2) is 69.8 Å². The van der Waals surface area contributed by atoms with Crippen molar-refractivity contribution in [1.29, 1.82) is 0 Å². The highest BCUT2D eigenvalue weighted by atomic mass is 32.1. The van der Waals surface area contributed by atoms with Crippen LogP contribution in [-0.4, -0.2) is 13.9 Å². The van der Waals surface area contributed by atoms with Gasteiger partial charge < -0.3 is 4.57 Å². The average molecular weight is 493 g/mol. The molecule has 1 atom stereocenters. The average Bonchev–Trinajstić information content (AvgIpc) is 3.34. The molecular weight excluding hydrogens is 459 g/mol. The molecule has 0 aliphatic rings. The number of hydrogen-bond donors (Lipinski definition) is 0. The van der Waals surface area contributed by atoms with Gasteiger partial charge in [0.25, 0.3) is 5.56 Å². The molecule has 4 rings (SSSR count). The fourth-order valence-corrected chi connectivity index (χ4v) is 5.42. The van der Waals surface area contributed by atoms with Crippen molar-refractivity contribution in [1.82, 2.24) is 13.9 Å². The molecule has 4 aromatic rings. The van der Waals surface area contributed by atoms with Crippen LogP contribution in [-0.2, 0) is 7.05 Å². The summed E-state index contributed by atoms with van der Waals surface area (Å²) in [5.74, 6) is 0.371. The largest absolute Gasteiger partial charge is 0.314 e. The SMILES string of the molecule is Cc1c(N=c2scc(-c3ccccc3F)n2C(C)CCCC(C)C)c(=O)n(-c2ccccc2)n1C. The van der Waals surface area contributed by atoms with E-state index in [1.165, 1.54) is 17.4 Å². The van der Waals surface area contributed by atoms with Crippen molar-refractivity contribution in [3.63, 3.8) is 0 Å². The van der Waals surface area contributed by atoms with Crippen molar-refractivity contribution in [3.05, 3.63) is 86.6 Å². The van der Waals surface area contributed by atoms with Gasteiger partial charge in [-0.1, -0.05) is 57.0 Å². The normalized spacial score (nSPS) is 13.1. The number of nitrogens with zero attached hydrogens (tertiary/aromatic N) is 4. The standard InChI is InChI=1S/C28H33FN4OS/c1-19(2)12-11-13-20(3)32-25(23-16-9-10-17-24(23)29)18-35-28(32)30-26-21(4)31(5)33(27(26)34)22-14-7-6-8-15-22/h6-10,14-20H,11-13H2,1-5H3. The Morgan fingerprint density at radius 2 is 1.69 bits per heavy atom. The van der Waals surface area contributed by atoms with Gasteiger partial charge in [0.15, 0.2) is 10.5 Å². The van der Waals surface area contributed by atoms with Crippen LogP contribution < -0.4 is 10.4 Å². The van der Waals surface area contributed by atoms with Crippen LogP contribution in [0.3, 0.4) is 0 Å². The minimum absolute atomic E-state index is 0.105. The molecule has 0 saturated heterocycles. The molecule has 0 aliphatic heterocycles. The van der Waals surface area contributed by atoms with Crippen molar-refractivity contribution in [2.24, 2.45) is 18.0 Å². The van der Waals surface area contributed by atoms with Crippen LogP contribution in [0.25, 0.3) is 16.9 Å². The molecule has 0 spiro atoms. The van der Waals surface area contributed by atoms with Gasteiger partial charge in [-0.25, -0.2) is 14.1 Å². The van der Waals surface area contributed by atoms with Crippen LogP contribution >= 0.6 is 11.3 Å². The van der Waals surface area contributed by atoms with Gasteiger partial charge in [-0.05, 0) is 50.5 Å². The topological polar surface area (TPSA) is 44.2 Å². The fourth-order valence-electron chi connectivity index (χ4n) is 4.42. The first-order valence-electron chi connectivity index (χ1n) is 12.1. The number of aromatic nitrogens is 3. The molecule has 0 saturated carbocycles. The zero-order chi connectivity index (χ0) is 25.1. The van der Waals surface area contributed by atoms with E-state index in [-0.39, 0.29) is 17.4 Å². The van der Waals surface area contributed by atoms with Crippen molar-refractivity contribution < 1.29 is 4.39 Å². The molecule has 35 heavy (non-hydrogen) atoms. The molecule has 0 aliphatic carbocycles. The van der Waals surface area contributed by atoms with E-state index in [0.29, 0.717) is 22.0 Å². The third-order valence-electron chi connectivity index (χ3n) is 6.47. The van der Waals surface area contributed by atoms with E-state index >= 15 is 0 Å². The molecule has 0 amide bonds. The molecule has 184 valence electrons. The summed E-state index contributed by atoms with van der Waals surface area (Å²) in [7, 11) is 1.87. The molecular formula is C28H33FN4OS. The fraction of sp³-hybridized carbons (Fsp3) is 0.357. The van der Waals surface area contributed by atoms with E-state index in [1.807, 2.05) is 60.4 Å². The van der Waals surface area contributed by atoms with Gasteiger partial charge >= 0.3 is 0 Å². The maximum Gasteiger partial charge on any atom is 0.297 e.